The number of aromatic nitrogens is 2. The molecule has 1 amide bonds. The van der Waals surface area contributed by atoms with Crippen LogP contribution in [0, 0.1) is 12.8 Å². The van der Waals surface area contributed by atoms with Crippen molar-refractivity contribution in [1.82, 2.24) is 25.3 Å². The predicted octanol–water partition coefficient (Wildman–Crippen LogP) is 1.97. The number of fused-ring (bicyclic) bond motifs is 1. The van der Waals surface area contributed by atoms with Crippen molar-refractivity contribution >= 4 is 32.9 Å². The molecule has 0 saturated carbocycles. The van der Waals surface area contributed by atoms with Crippen LogP contribution >= 0.6 is 0 Å². The number of benzene rings is 2. The molecule has 5 N–H and O–H groups in total. The number of nitrogens with zero attached hydrogens (tertiary/aromatic N) is 1. The van der Waals surface area contributed by atoms with E-state index >= 15 is 0 Å². The van der Waals surface area contributed by atoms with Crippen molar-refractivity contribution in [2.75, 3.05) is 19.6 Å². The Kier molecular flexibility index (Phi) is 8.02. The molecule has 3 aromatic rings. The number of carboxylic acid groups (broad SMARTS) is 1. The monoisotopic (exact) mass is 513 g/mol. The molecule has 0 radical (unpaired) electrons. The van der Waals surface area contributed by atoms with Gasteiger partial charge in [-0.2, -0.15) is 4.72 Å². The highest BCUT2D eigenvalue weighted by atomic mass is 32.2. The minimum atomic E-state index is -4.07. The second-order valence-corrected chi connectivity index (χ2v) is 10.9. The van der Waals surface area contributed by atoms with E-state index in [4.69, 9.17) is 0 Å². The predicted molar refractivity (Wildman–Crippen MR) is 135 cm³/mol. The third-order valence-electron chi connectivity index (χ3n) is 6.43. The van der Waals surface area contributed by atoms with E-state index in [0.717, 1.165) is 48.4 Å². The van der Waals surface area contributed by atoms with E-state index in [2.05, 4.69) is 25.3 Å². The number of aromatic amines is 1. The molecule has 2 aromatic carbocycles. The van der Waals surface area contributed by atoms with Crippen molar-refractivity contribution in [2.24, 2.45) is 5.92 Å². The van der Waals surface area contributed by atoms with Gasteiger partial charge in [0.2, 0.25) is 10.0 Å². The zero-order chi connectivity index (χ0) is 25.7. The van der Waals surface area contributed by atoms with Crippen LogP contribution in [0.25, 0.3) is 11.0 Å². The molecule has 0 unspecified atom stereocenters. The van der Waals surface area contributed by atoms with Gasteiger partial charge in [0.05, 0.1) is 15.9 Å². The average Bonchev–Trinajstić information content (AvgIpc) is 3.28. The van der Waals surface area contributed by atoms with Crippen LogP contribution in [-0.4, -0.2) is 61.0 Å². The van der Waals surface area contributed by atoms with Crippen LogP contribution in [-0.2, 0) is 21.2 Å². The van der Waals surface area contributed by atoms with Crippen molar-refractivity contribution in [3.63, 3.8) is 0 Å². The Balaban J connectivity index is 1.37. The van der Waals surface area contributed by atoms with E-state index in [-0.39, 0.29) is 4.90 Å². The highest BCUT2D eigenvalue weighted by Gasteiger charge is 2.26. The molecule has 4 rings (SSSR count). The summed E-state index contributed by atoms with van der Waals surface area (Å²) in [6.07, 6.45) is 4.23. The summed E-state index contributed by atoms with van der Waals surface area (Å²) in [5.74, 6) is -0.346. The number of rotatable bonds is 10. The normalized spacial score (nSPS) is 15.6. The molecule has 1 aliphatic rings. The number of carbonyl (C=O) groups is 2. The van der Waals surface area contributed by atoms with Crippen LogP contribution in [0.1, 0.15) is 41.0 Å². The molecule has 1 fully saturated rings. The van der Waals surface area contributed by atoms with Crippen molar-refractivity contribution in [3.8, 4) is 0 Å². The fourth-order valence-electron chi connectivity index (χ4n) is 4.28. The van der Waals surface area contributed by atoms with Gasteiger partial charge in [-0.1, -0.05) is 17.7 Å². The molecule has 1 atom stereocenters. The maximum Gasteiger partial charge on any atom is 0.323 e. The number of imidazole rings is 1. The van der Waals surface area contributed by atoms with Crippen LogP contribution in [0.15, 0.2) is 47.4 Å². The van der Waals surface area contributed by atoms with E-state index in [1.165, 1.54) is 25.0 Å². The van der Waals surface area contributed by atoms with Gasteiger partial charge in [-0.15, -0.1) is 0 Å². The number of carboxylic acids is 1. The van der Waals surface area contributed by atoms with Gasteiger partial charge < -0.3 is 20.7 Å². The second kappa shape index (κ2) is 11.2. The number of aryl methyl sites for hydroxylation is 2. The van der Waals surface area contributed by atoms with E-state index < -0.39 is 34.5 Å². The number of hydrogen-bond donors (Lipinski definition) is 5. The number of H-pyrrole nitrogens is 1. The molecule has 192 valence electrons. The molecule has 1 saturated heterocycles. The number of sulfonamides is 1. The summed E-state index contributed by atoms with van der Waals surface area (Å²) in [6.45, 7) is 3.51. The lowest BCUT2D eigenvalue weighted by Gasteiger charge is -2.21. The Hall–Kier alpha value is -3.28. The van der Waals surface area contributed by atoms with Crippen LogP contribution in [0.5, 0.6) is 0 Å². The highest BCUT2D eigenvalue weighted by molar-refractivity contribution is 7.89. The SMILES string of the molecule is Cc1ccc(S(=O)(=O)N[C@@H](CNC(=O)c2ccc3nc(CCC4CCNCC4)[nH]c3c2)C(=O)O)cc1. The lowest BCUT2D eigenvalue weighted by Crippen LogP contribution is -2.48. The quantitative estimate of drug-likeness (QED) is 0.278. The smallest absolute Gasteiger partial charge is 0.323 e. The van der Waals surface area contributed by atoms with Gasteiger partial charge in [0, 0.05) is 18.5 Å². The Labute approximate surface area is 210 Å². The van der Waals surface area contributed by atoms with Crippen LogP contribution in [0.2, 0.25) is 0 Å². The summed E-state index contributed by atoms with van der Waals surface area (Å²) in [5, 5.41) is 15.4. The van der Waals surface area contributed by atoms with Crippen LogP contribution in [0.3, 0.4) is 0 Å². The fraction of sp³-hybridized carbons (Fsp3) is 0.400. The van der Waals surface area contributed by atoms with E-state index in [1.807, 2.05) is 6.92 Å². The Morgan fingerprint density at radius 3 is 2.56 bits per heavy atom. The largest absolute Gasteiger partial charge is 0.480 e. The second-order valence-electron chi connectivity index (χ2n) is 9.18. The molecule has 0 bridgehead atoms. The summed E-state index contributed by atoms with van der Waals surface area (Å²) in [6, 6.07) is 9.53. The number of hydrogen-bond acceptors (Lipinski definition) is 6. The number of amides is 1. The Bertz CT molecular complexity index is 1330. The van der Waals surface area contributed by atoms with Crippen molar-refractivity contribution in [2.45, 2.75) is 43.5 Å². The first-order valence-electron chi connectivity index (χ1n) is 12.0. The lowest BCUT2D eigenvalue weighted by molar-refractivity contribution is -0.138. The maximum absolute atomic E-state index is 12.7. The molecule has 0 spiro atoms. The first-order chi connectivity index (χ1) is 17.2. The van der Waals surface area contributed by atoms with E-state index in [0.29, 0.717) is 11.5 Å². The molecule has 2 heterocycles. The third kappa shape index (κ3) is 6.48. The van der Waals surface area contributed by atoms with Gasteiger partial charge >= 0.3 is 5.97 Å². The Morgan fingerprint density at radius 2 is 1.86 bits per heavy atom. The number of carbonyl (C=O) groups excluding carboxylic acids is 1. The molecular weight excluding hydrogens is 482 g/mol. The van der Waals surface area contributed by atoms with Gasteiger partial charge in [0.15, 0.2) is 0 Å². The van der Waals surface area contributed by atoms with Gasteiger partial charge in [0.1, 0.15) is 11.9 Å². The van der Waals surface area contributed by atoms with Gasteiger partial charge in [-0.3, -0.25) is 9.59 Å². The molecule has 0 aliphatic carbocycles. The van der Waals surface area contributed by atoms with Crippen molar-refractivity contribution < 1.29 is 23.1 Å². The number of aliphatic carboxylic acids is 1. The molecule has 11 heteroatoms. The topological polar surface area (TPSA) is 153 Å². The minimum Gasteiger partial charge on any atom is -0.480 e. The van der Waals surface area contributed by atoms with Crippen LogP contribution in [0.4, 0.5) is 0 Å². The highest BCUT2D eigenvalue weighted by Crippen LogP contribution is 2.20. The van der Waals surface area contributed by atoms with Crippen molar-refractivity contribution in [3.05, 3.63) is 59.4 Å². The lowest BCUT2D eigenvalue weighted by atomic mass is 9.93. The van der Waals surface area contributed by atoms with Gasteiger partial charge in [0.25, 0.3) is 5.91 Å². The van der Waals surface area contributed by atoms with Crippen LogP contribution < -0.4 is 15.4 Å². The summed E-state index contributed by atoms with van der Waals surface area (Å²) in [7, 11) is -4.07. The summed E-state index contributed by atoms with van der Waals surface area (Å²) < 4.78 is 27.3. The minimum absolute atomic E-state index is 0.0497. The molecule has 36 heavy (non-hydrogen) atoms. The summed E-state index contributed by atoms with van der Waals surface area (Å²) in [5.41, 5.74) is 2.67. The fourth-order valence-corrected chi connectivity index (χ4v) is 5.47. The van der Waals surface area contributed by atoms with Gasteiger partial charge in [-0.25, -0.2) is 13.4 Å². The number of piperidine rings is 1. The average molecular weight is 514 g/mol. The standard InChI is InChI=1S/C25H31N5O5S/c1-16-2-6-19(7-3-16)36(34,35)30-22(25(32)33)15-27-24(31)18-5-8-20-21(14-18)29-23(28-20)9-4-17-10-12-26-13-11-17/h2-3,5-8,14,17,22,26,30H,4,9-13,15H2,1H3,(H,27,31)(H,28,29)(H,32,33)/t22-/m0/s1. The first-order valence-corrected chi connectivity index (χ1v) is 13.5. The van der Waals surface area contributed by atoms with Gasteiger partial charge in [-0.05, 0) is 75.5 Å². The molecular formula is C25H31N5O5S. The zero-order valence-electron chi connectivity index (χ0n) is 20.1. The summed E-state index contributed by atoms with van der Waals surface area (Å²) >= 11 is 0. The van der Waals surface area contributed by atoms with E-state index in [1.54, 1.807) is 30.3 Å². The maximum atomic E-state index is 12.7. The number of nitrogens with one attached hydrogen (secondary N) is 4. The first kappa shape index (κ1) is 25.8. The molecule has 1 aliphatic heterocycles. The molecule has 1 aromatic heterocycles. The summed E-state index contributed by atoms with van der Waals surface area (Å²) in [4.78, 5) is 32.2. The third-order valence-corrected chi connectivity index (χ3v) is 7.92. The van der Waals surface area contributed by atoms with E-state index in [9.17, 15) is 23.1 Å². The molecule has 10 nitrogen and oxygen atoms in total. The zero-order valence-corrected chi connectivity index (χ0v) is 20.9. The Morgan fingerprint density at radius 1 is 1.14 bits per heavy atom. The van der Waals surface area contributed by atoms with Crippen molar-refractivity contribution in [1.29, 1.82) is 0 Å².